The molecule has 0 radical (unpaired) electrons. The summed E-state index contributed by atoms with van der Waals surface area (Å²) in [5, 5.41) is 5.21. The van der Waals surface area contributed by atoms with Crippen LogP contribution in [-0.4, -0.2) is 46.1 Å². The zero-order chi connectivity index (χ0) is 31.4. The number of fused-ring (bicyclic) bond motifs is 1. The Bertz CT molecular complexity index is 1850. The van der Waals surface area contributed by atoms with E-state index in [4.69, 9.17) is 19.6 Å². The van der Waals surface area contributed by atoms with Crippen LogP contribution in [0.1, 0.15) is 37.3 Å². The van der Waals surface area contributed by atoms with Gasteiger partial charge in [-0.15, -0.1) is 0 Å². The van der Waals surface area contributed by atoms with Crippen LogP contribution in [0.5, 0.6) is 11.8 Å². The fourth-order valence-corrected chi connectivity index (χ4v) is 6.54. The Morgan fingerprint density at radius 1 is 0.867 bits per heavy atom. The van der Waals surface area contributed by atoms with Gasteiger partial charge in [-0.05, 0) is 55.4 Å². The summed E-state index contributed by atoms with van der Waals surface area (Å²) in [6.07, 6.45) is 2.18. The van der Waals surface area contributed by atoms with Crippen molar-refractivity contribution in [3.63, 3.8) is 0 Å². The van der Waals surface area contributed by atoms with Gasteiger partial charge in [-0.25, -0.2) is 0 Å². The van der Waals surface area contributed by atoms with Gasteiger partial charge in [0.05, 0.1) is 22.0 Å². The lowest BCUT2D eigenvalue weighted by Gasteiger charge is -2.34. The van der Waals surface area contributed by atoms with E-state index >= 15 is 0 Å². The van der Waals surface area contributed by atoms with E-state index in [1.165, 1.54) is 0 Å². The first-order valence-electron chi connectivity index (χ1n) is 15.3. The van der Waals surface area contributed by atoms with Crippen molar-refractivity contribution in [1.29, 1.82) is 0 Å². The molecule has 45 heavy (non-hydrogen) atoms. The second-order valence-electron chi connectivity index (χ2n) is 11.7. The molecule has 1 aliphatic heterocycles. The molecule has 2 aromatic heterocycles. The average Bonchev–Trinajstić information content (AvgIpc) is 3.40. The van der Waals surface area contributed by atoms with Gasteiger partial charge in [0.2, 0.25) is 11.8 Å². The van der Waals surface area contributed by atoms with E-state index in [9.17, 15) is 13.0 Å². The van der Waals surface area contributed by atoms with Crippen molar-refractivity contribution in [3.8, 4) is 23.0 Å². The van der Waals surface area contributed by atoms with Crippen molar-refractivity contribution in [2.75, 3.05) is 18.0 Å². The monoisotopic (exact) mass is 626 g/mol. The van der Waals surface area contributed by atoms with Gasteiger partial charge >= 0.3 is 0 Å². The number of aryl methyl sites for hydroxylation is 1. The van der Waals surface area contributed by atoms with Crippen LogP contribution in [0.3, 0.4) is 0 Å². The molecule has 10 heteroatoms. The molecule has 0 aliphatic carbocycles. The smallest absolute Gasteiger partial charge is 0.267 e. The van der Waals surface area contributed by atoms with Crippen LogP contribution < -0.4 is 14.4 Å². The maximum absolute atomic E-state index is 11.6. The molecule has 3 aromatic carbocycles. The van der Waals surface area contributed by atoms with Crippen LogP contribution in [0.4, 0.5) is 5.69 Å². The molecule has 5 aromatic rings. The van der Waals surface area contributed by atoms with Crippen LogP contribution in [0.2, 0.25) is 0 Å². The van der Waals surface area contributed by atoms with Crippen molar-refractivity contribution in [1.82, 2.24) is 14.8 Å². The van der Waals surface area contributed by atoms with Gasteiger partial charge in [0.15, 0.2) is 0 Å². The topological polar surface area (TPSA) is 107 Å². The maximum Gasteiger partial charge on any atom is 0.267 e. The average molecular weight is 627 g/mol. The Balaban J connectivity index is 1.28. The van der Waals surface area contributed by atoms with Gasteiger partial charge < -0.3 is 14.4 Å². The summed E-state index contributed by atoms with van der Waals surface area (Å²) >= 11 is 0. The highest BCUT2D eigenvalue weighted by Crippen LogP contribution is 2.39. The second kappa shape index (κ2) is 13.3. The molecule has 9 nitrogen and oxygen atoms in total. The summed E-state index contributed by atoms with van der Waals surface area (Å²) in [6.45, 7) is 3.91. The van der Waals surface area contributed by atoms with Crippen molar-refractivity contribution < 1.29 is 22.4 Å². The summed E-state index contributed by atoms with van der Waals surface area (Å²) in [6, 6.07) is 30.0. The number of nitrogens with zero attached hydrogens (tertiary/aromatic N) is 4. The number of ether oxygens (including phenoxy) is 2. The first-order valence-corrected chi connectivity index (χ1v) is 16.8. The molecule has 0 spiro atoms. The van der Waals surface area contributed by atoms with Crippen LogP contribution in [0.15, 0.2) is 91.0 Å². The zero-order valence-corrected chi connectivity index (χ0v) is 26.4. The molecular weight excluding hydrogens is 588 g/mol. The molecule has 1 saturated heterocycles. The molecule has 234 valence electrons. The minimum absolute atomic E-state index is 0.248. The molecule has 0 bridgehead atoms. The standard InChI is InChI=1S/C35H38N4O5S/c1-25(45(40,41)42)22-26-18-20-39(21-19-26)31-15-9-14-29-33(37-38(2)34(29)31)30-16-17-32(43-23-27-10-5-3-6-11-27)36-35(30)44-24-28-12-7-4-8-13-28/h3-17,25-26H,18-24H2,1-2H3,(H,40,41,42). The maximum atomic E-state index is 11.6. The Labute approximate surface area is 264 Å². The van der Waals surface area contributed by atoms with Crippen molar-refractivity contribution in [2.45, 2.75) is 44.6 Å². The Morgan fingerprint density at radius 2 is 1.51 bits per heavy atom. The fourth-order valence-electron chi connectivity index (χ4n) is 6.02. The van der Waals surface area contributed by atoms with Gasteiger partial charge in [0.1, 0.15) is 18.9 Å². The normalized spacial score (nSPS) is 14.9. The van der Waals surface area contributed by atoms with Gasteiger partial charge in [0.25, 0.3) is 10.1 Å². The first kappa shape index (κ1) is 30.6. The van der Waals surface area contributed by atoms with Gasteiger partial charge in [-0.3, -0.25) is 9.23 Å². The highest BCUT2D eigenvalue weighted by molar-refractivity contribution is 7.86. The number of benzene rings is 3. The minimum Gasteiger partial charge on any atom is -0.473 e. The SMILES string of the molecule is CC(CC1CCN(c2cccc3c(-c4ccc(OCc5ccccc5)nc4OCc4ccccc4)nn(C)c23)CC1)S(=O)(=O)O. The van der Waals surface area contributed by atoms with E-state index in [-0.39, 0.29) is 5.92 Å². The lowest BCUT2D eigenvalue weighted by molar-refractivity contribution is 0.268. The third kappa shape index (κ3) is 7.13. The number of anilines is 1. The summed E-state index contributed by atoms with van der Waals surface area (Å²) < 4.78 is 46.8. The molecule has 1 unspecified atom stereocenters. The predicted octanol–water partition coefficient (Wildman–Crippen LogP) is 6.68. The van der Waals surface area contributed by atoms with Crippen molar-refractivity contribution >= 4 is 26.7 Å². The molecule has 1 aliphatic rings. The Kier molecular flexibility index (Phi) is 9.04. The van der Waals surface area contributed by atoms with Gasteiger partial charge in [-0.2, -0.15) is 18.5 Å². The molecule has 1 atom stereocenters. The highest BCUT2D eigenvalue weighted by Gasteiger charge is 2.28. The number of para-hydroxylation sites is 1. The third-order valence-corrected chi connectivity index (χ3v) is 9.72. The summed E-state index contributed by atoms with van der Waals surface area (Å²) in [7, 11) is -2.07. The van der Waals surface area contributed by atoms with E-state index in [1.54, 1.807) is 6.92 Å². The number of hydrogen-bond donors (Lipinski definition) is 1. The van der Waals surface area contributed by atoms with E-state index < -0.39 is 15.4 Å². The summed E-state index contributed by atoms with van der Waals surface area (Å²) in [4.78, 5) is 7.13. The lowest BCUT2D eigenvalue weighted by atomic mass is 9.92. The Hall–Kier alpha value is -4.41. The van der Waals surface area contributed by atoms with Crippen LogP contribution in [-0.2, 0) is 30.4 Å². The van der Waals surface area contributed by atoms with Crippen LogP contribution in [0.25, 0.3) is 22.2 Å². The third-order valence-electron chi connectivity index (χ3n) is 8.51. The number of hydrogen-bond acceptors (Lipinski definition) is 7. The number of piperidine rings is 1. The van der Waals surface area contributed by atoms with Crippen LogP contribution in [0, 0.1) is 5.92 Å². The highest BCUT2D eigenvalue weighted by atomic mass is 32.2. The largest absolute Gasteiger partial charge is 0.473 e. The summed E-state index contributed by atoms with van der Waals surface area (Å²) in [5.74, 6) is 1.17. The van der Waals surface area contributed by atoms with E-state index in [1.807, 2.05) is 90.6 Å². The number of aromatic nitrogens is 3. The molecule has 6 rings (SSSR count). The first-order chi connectivity index (χ1) is 21.8. The second-order valence-corrected chi connectivity index (χ2v) is 13.5. The molecule has 0 saturated carbocycles. The molecule has 3 heterocycles. The van der Waals surface area contributed by atoms with Gasteiger partial charge in [-0.1, -0.05) is 72.8 Å². The molecule has 1 fully saturated rings. The lowest BCUT2D eigenvalue weighted by Crippen LogP contribution is -2.35. The Morgan fingerprint density at radius 3 is 2.16 bits per heavy atom. The fraction of sp³-hybridized carbons (Fsp3) is 0.314. The van der Waals surface area contributed by atoms with Crippen molar-refractivity contribution in [2.24, 2.45) is 13.0 Å². The molecular formula is C35H38N4O5S. The van der Waals surface area contributed by atoms with Crippen LogP contribution >= 0.6 is 0 Å². The van der Waals surface area contributed by atoms with E-state index in [2.05, 4.69) is 17.0 Å². The zero-order valence-electron chi connectivity index (χ0n) is 25.5. The quantitative estimate of drug-likeness (QED) is 0.162. The van der Waals surface area contributed by atoms with E-state index in [0.717, 1.165) is 64.9 Å². The summed E-state index contributed by atoms with van der Waals surface area (Å²) in [5.41, 5.74) is 5.72. The number of rotatable bonds is 11. The minimum atomic E-state index is -4.02. The van der Waals surface area contributed by atoms with E-state index in [0.29, 0.717) is 31.4 Å². The molecule has 0 amide bonds. The van der Waals surface area contributed by atoms with Gasteiger partial charge in [0, 0.05) is 31.6 Å². The molecule has 1 N–H and O–H groups in total. The van der Waals surface area contributed by atoms with Crippen molar-refractivity contribution in [3.05, 3.63) is 102 Å². The number of pyridine rings is 1. The predicted molar refractivity (Wildman–Crippen MR) is 176 cm³/mol.